The maximum absolute atomic E-state index is 13.3. The highest BCUT2D eigenvalue weighted by Gasteiger charge is 2.51. The number of morpholine rings is 1. The molecule has 0 radical (unpaired) electrons. The van der Waals surface area contributed by atoms with Gasteiger partial charge in [0, 0.05) is 25.0 Å². The molecule has 26 heavy (non-hydrogen) atoms. The Hall–Kier alpha value is -1.43. The van der Waals surface area contributed by atoms with Crippen molar-refractivity contribution in [1.82, 2.24) is 9.80 Å². The minimum absolute atomic E-state index is 0.117. The van der Waals surface area contributed by atoms with E-state index in [9.17, 15) is 9.90 Å². The number of hydrogen-bond acceptors (Lipinski definition) is 4. The number of likely N-dealkylation sites (N-methyl/N-ethyl adjacent to an activating group) is 1. The fourth-order valence-electron chi connectivity index (χ4n) is 5.18. The summed E-state index contributed by atoms with van der Waals surface area (Å²) >= 11 is 0. The van der Waals surface area contributed by atoms with Crippen molar-refractivity contribution in [3.8, 4) is 0 Å². The number of nitrogens with zero attached hydrogens (tertiary/aromatic N) is 2. The Kier molecular flexibility index (Phi) is 5.04. The molecule has 0 unspecified atom stereocenters. The van der Waals surface area contributed by atoms with E-state index in [0.717, 1.165) is 37.8 Å². The van der Waals surface area contributed by atoms with E-state index in [0.29, 0.717) is 26.2 Å². The summed E-state index contributed by atoms with van der Waals surface area (Å²) in [7, 11) is 2.01. The van der Waals surface area contributed by atoms with Crippen molar-refractivity contribution in [2.45, 2.75) is 49.8 Å². The minimum Gasteiger partial charge on any atom is -0.385 e. The van der Waals surface area contributed by atoms with Crippen LogP contribution in [-0.2, 0) is 15.1 Å². The van der Waals surface area contributed by atoms with Crippen molar-refractivity contribution in [2.24, 2.45) is 5.92 Å². The highest BCUT2D eigenvalue weighted by Crippen LogP contribution is 2.47. The Morgan fingerprint density at radius 1 is 1.19 bits per heavy atom. The van der Waals surface area contributed by atoms with Crippen LogP contribution in [0.4, 0.5) is 0 Å². The van der Waals surface area contributed by atoms with E-state index in [1.165, 1.54) is 0 Å². The summed E-state index contributed by atoms with van der Waals surface area (Å²) in [6, 6.07) is 9.99. The summed E-state index contributed by atoms with van der Waals surface area (Å²) in [4.78, 5) is 17.5. The first-order valence-electron chi connectivity index (χ1n) is 9.97. The van der Waals surface area contributed by atoms with Crippen molar-refractivity contribution in [3.63, 3.8) is 0 Å². The Labute approximate surface area is 155 Å². The fraction of sp³-hybridized carbons (Fsp3) is 0.667. The summed E-state index contributed by atoms with van der Waals surface area (Å²) in [5, 5.41) is 11.6. The molecule has 1 N–H and O–H groups in total. The van der Waals surface area contributed by atoms with Crippen LogP contribution in [0.15, 0.2) is 30.3 Å². The average molecular weight is 358 g/mol. The molecule has 3 aliphatic rings. The van der Waals surface area contributed by atoms with E-state index in [4.69, 9.17) is 4.74 Å². The topological polar surface area (TPSA) is 53.0 Å². The van der Waals surface area contributed by atoms with Gasteiger partial charge in [-0.3, -0.25) is 9.69 Å². The van der Waals surface area contributed by atoms with Crippen molar-refractivity contribution in [3.05, 3.63) is 35.9 Å². The summed E-state index contributed by atoms with van der Waals surface area (Å²) in [6.45, 7) is 2.59. The van der Waals surface area contributed by atoms with Gasteiger partial charge in [-0.2, -0.15) is 0 Å². The Bertz CT molecular complexity index is 637. The second-order valence-electron chi connectivity index (χ2n) is 8.10. The molecule has 1 aliphatic carbocycles. The number of carbonyl (C=O) groups is 1. The number of likely N-dealkylation sites (tertiary alicyclic amines) is 1. The number of aliphatic hydroxyl groups is 1. The lowest BCUT2D eigenvalue weighted by atomic mass is 9.66. The highest BCUT2D eigenvalue weighted by molar-refractivity contribution is 5.82. The van der Waals surface area contributed by atoms with Gasteiger partial charge in [0.2, 0.25) is 5.91 Å². The molecule has 1 aromatic carbocycles. The van der Waals surface area contributed by atoms with Crippen LogP contribution < -0.4 is 0 Å². The van der Waals surface area contributed by atoms with Crippen LogP contribution in [0.5, 0.6) is 0 Å². The van der Waals surface area contributed by atoms with Gasteiger partial charge in [0.25, 0.3) is 0 Å². The zero-order valence-corrected chi connectivity index (χ0v) is 15.6. The van der Waals surface area contributed by atoms with E-state index in [1.807, 2.05) is 37.4 Å². The first-order valence-corrected chi connectivity index (χ1v) is 9.97. The summed E-state index contributed by atoms with van der Waals surface area (Å²) in [5.74, 6) is 0.297. The molecule has 2 saturated heterocycles. The van der Waals surface area contributed by atoms with Crippen molar-refractivity contribution >= 4 is 5.91 Å². The lowest BCUT2D eigenvalue weighted by Gasteiger charge is -2.53. The predicted molar refractivity (Wildman–Crippen MR) is 99.7 cm³/mol. The molecule has 4 atom stereocenters. The van der Waals surface area contributed by atoms with Crippen LogP contribution in [0.1, 0.15) is 37.7 Å². The molecule has 0 bridgehead atoms. The molecule has 1 aromatic rings. The molecule has 2 aliphatic heterocycles. The molecule has 1 amide bonds. The first kappa shape index (κ1) is 18.0. The number of rotatable bonds is 2. The smallest absolute Gasteiger partial charge is 0.242 e. The van der Waals surface area contributed by atoms with E-state index in [2.05, 4.69) is 9.80 Å². The third-order valence-electron chi connectivity index (χ3n) is 6.71. The van der Waals surface area contributed by atoms with Crippen molar-refractivity contribution in [1.29, 1.82) is 0 Å². The van der Waals surface area contributed by atoms with Crippen LogP contribution in [-0.4, -0.2) is 66.2 Å². The van der Waals surface area contributed by atoms with Crippen LogP contribution in [0.25, 0.3) is 0 Å². The molecule has 0 aromatic heterocycles. The zero-order valence-electron chi connectivity index (χ0n) is 15.6. The molecule has 2 heterocycles. The molecular formula is C21H30N2O3. The molecule has 142 valence electrons. The van der Waals surface area contributed by atoms with E-state index >= 15 is 0 Å². The Morgan fingerprint density at radius 3 is 2.73 bits per heavy atom. The van der Waals surface area contributed by atoms with Gasteiger partial charge in [-0.1, -0.05) is 43.2 Å². The standard InChI is InChI=1S/C21H30N2O3/c1-22-13-14-26-15-19(22)20(24)23-12-11-21(25,16-7-3-2-4-8-16)17-9-5-6-10-18(17)23/h2-4,7-8,17-19,25H,5-6,9-15H2,1H3/t17-,18+,19-,21-/m0/s1. The van der Waals surface area contributed by atoms with Gasteiger partial charge in [0.1, 0.15) is 6.04 Å². The van der Waals surface area contributed by atoms with Gasteiger partial charge < -0.3 is 14.7 Å². The van der Waals surface area contributed by atoms with Crippen LogP contribution >= 0.6 is 0 Å². The Morgan fingerprint density at radius 2 is 1.96 bits per heavy atom. The maximum atomic E-state index is 13.3. The summed E-state index contributed by atoms with van der Waals surface area (Å²) in [5.41, 5.74) is 0.181. The molecule has 4 rings (SSSR count). The number of benzene rings is 1. The van der Waals surface area contributed by atoms with Gasteiger partial charge in [0.15, 0.2) is 0 Å². The molecule has 1 saturated carbocycles. The maximum Gasteiger partial charge on any atom is 0.242 e. The van der Waals surface area contributed by atoms with Gasteiger partial charge in [0.05, 0.1) is 18.8 Å². The largest absolute Gasteiger partial charge is 0.385 e. The monoisotopic (exact) mass is 358 g/mol. The van der Waals surface area contributed by atoms with E-state index in [1.54, 1.807) is 0 Å². The lowest BCUT2D eigenvalue weighted by molar-refractivity contribution is -0.163. The number of hydrogen-bond donors (Lipinski definition) is 1. The second-order valence-corrected chi connectivity index (χ2v) is 8.10. The average Bonchev–Trinajstić information content (AvgIpc) is 2.69. The quantitative estimate of drug-likeness (QED) is 0.879. The SMILES string of the molecule is CN1CCOC[C@H]1C(=O)N1CC[C@](O)(c2ccccc2)[C@H]2CCCC[C@H]21. The number of amides is 1. The van der Waals surface area contributed by atoms with E-state index in [-0.39, 0.29) is 23.9 Å². The molecular weight excluding hydrogens is 328 g/mol. The van der Waals surface area contributed by atoms with Gasteiger partial charge >= 0.3 is 0 Å². The zero-order chi connectivity index (χ0) is 18.1. The van der Waals surface area contributed by atoms with E-state index < -0.39 is 5.60 Å². The van der Waals surface area contributed by atoms with Crippen LogP contribution in [0.3, 0.4) is 0 Å². The summed E-state index contributed by atoms with van der Waals surface area (Å²) in [6.07, 6.45) is 4.85. The number of ether oxygens (including phenoxy) is 1. The van der Waals surface area contributed by atoms with Gasteiger partial charge in [-0.25, -0.2) is 0 Å². The van der Waals surface area contributed by atoms with Gasteiger partial charge in [-0.15, -0.1) is 0 Å². The molecule has 3 fully saturated rings. The lowest BCUT2D eigenvalue weighted by Crippen LogP contribution is -2.63. The van der Waals surface area contributed by atoms with Crippen molar-refractivity contribution < 1.29 is 14.6 Å². The van der Waals surface area contributed by atoms with Crippen LogP contribution in [0, 0.1) is 5.92 Å². The van der Waals surface area contributed by atoms with Crippen LogP contribution in [0.2, 0.25) is 0 Å². The highest BCUT2D eigenvalue weighted by atomic mass is 16.5. The molecule has 5 heteroatoms. The second kappa shape index (κ2) is 7.29. The summed E-state index contributed by atoms with van der Waals surface area (Å²) < 4.78 is 5.57. The van der Waals surface area contributed by atoms with Gasteiger partial charge in [-0.05, 0) is 31.9 Å². The molecule has 0 spiro atoms. The number of fused-ring (bicyclic) bond motifs is 1. The fourth-order valence-corrected chi connectivity index (χ4v) is 5.18. The normalized spacial score (nSPS) is 35.8. The predicted octanol–water partition coefficient (Wildman–Crippen LogP) is 2.00. The molecule has 5 nitrogen and oxygen atoms in total. The third-order valence-corrected chi connectivity index (χ3v) is 6.71. The number of piperidine rings is 1. The Balaban J connectivity index is 1.59. The first-order chi connectivity index (χ1) is 12.6. The third kappa shape index (κ3) is 3.06. The number of carbonyl (C=O) groups excluding carboxylic acids is 1. The minimum atomic E-state index is -0.821. The van der Waals surface area contributed by atoms with Crippen molar-refractivity contribution in [2.75, 3.05) is 33.4 Å².